The molecule has 0 aliphatic rings. The molecule has 0 atom stereocenters. The van der Waals surface area contributed by atoms with Gasteiger partial charge in [0.15, 0.2) is 5.13 Å². The predicted molar refractivity (Wildman–Crippen MR) is 116 cm³/mol. The minimum atomic E-state index is 0.700. The molecule has 2 aromatic carbocycles. The molecular formula is C18H18Br2N4S. The van der Waals surface area contributed by atoms with Gasteiger partial charge in [-0.3, -0.25) is 9.89 Å². The van der Waals surface area contributed by atoms with E-state index in [1.165, 1.54) is 0 Å². The van der Waals surface area contributed by atoms with Crippen LogP contribution in [-0.2, 0) is 0 Å². The maximum Gasteiger partial charge on any atom is 0.204 e. The van der Waals surface area contributed by atoms with Crippen LogP contribution in [0.1, 0.15) is 13.8 Å². The van der Waals surface area contributed by atoms with E-state index in [-0.39, 0.29) is 0 Å². The Balaban J connectivity index is 1.93. The van der Waals surface area contributed by atoms with Crippen LogP contribution >= 0.6 is 43.2 Å². The first-order valence-corrected chi connectivity index (χ1v) is 10.4. The lowest BCUT2D eigenvalue weighted by Crippen LogP contribution is -2.36. The monoisotopic (exact) mass is 480 g/mol. The molecule has 0 saturated carbocycles. The Kier molecular flexibility index (Phi) is 6.09. The summed E-state index contributed by atoms with van der Waals surface area (Å²) in [4.78, 5) is 11.5. The van der Waals surface area contributed by atoms with Gasteiger partial charge in [0, 0.05) is 27.7 Å². The zero-order valence-electron chi connectivity index (χ0n) is 14.0. The number of hydrogen-bond acceptors (Lipinski definition) is 3. The molecule has 1 N–H and O–H groups in total. The quantitative estimate of drug-likeness (QED) is 0.359. The molecule has 7 heteroatoms. The Morgan fingerprint density at radius 1 is 1.12 bits per heavy atom. The molecule has 0 saturated heterocycles. The molecule has 0 fully saturated rings. The molecule has 3 aromatic rings. The summed E-state index contributed by atoms with van der Waals surface area (Å²) in [6.45, 7) is 5.62. The standard InChI is InChI=1S/C18H18Br2N4S/c1-3-21-17(22-14-8-5-12(19)6-9-14)24(4-2)18-23-15-10-7-13(20)11-16(15)25-18/h5-11H,3-4H2,1-2H3,(H,21,22). The van der Waals surface area contributed by atoms with E-state index in [2.05, 4.69) is 60.1 Å². The molecule has 0 radical (unpaired) electrons. The molecule has 1 aromatic heterocycles. The van der Waals surface area contributed by atoms with Crippen LogP contribution in [0.2, 0.25) is 0 Å². The third-order valence-corrected chi connectivity index (χ3v) is 5.61. The van der Waals surface area contributed by atoms with Gasteiger partial charge in [-0.25, -0.2) is 4.98 Å². The number of fused-ring (bicyclic) bond motifs is 1. The van der Waals surface area contributed by atoms with Crippen molar-refractivity contribution >= 4 is 70.2 Å². The van der Waals surface area contributed by atoms with E-state index < -0.39 is 0 Å². The molecule has 130 valence electrons. The Bertz CT molecular complexity index is 890. The van der Waals surface area contributed by atoms with Crippen LogP contribution in [0, 0.1) is 0 Å². The Morgan fingerprint density at radius 3 is 2.52 bits per heavy atom. The fourth-order valence-electron chi connectivity index (χ4n) is 2.38. The summed E-state index contributed by atoms with van der Waals surface area (Å²) >= 11 is 8.66. The SMILES string of the molecule is CCN=C(Nc1ccc(Br)cc1)N(CC)c1nc2ccc(Br)cc2s1. The molecule has 0 bridgehead atoms. The molecule has 0 amide bonds. The van der Waals surface area contributed by atoms with Crippen molar-refractivity contribution in [3.63, 3.8) is 0 Å². The second-order valence-corrected chi connectivity index (χ2v) is 8.12. The first kappa shape index (κ1) is 18.4. The van der Waals surface area contributed by atoms with Crippen molar-refractivity contribution in [1.29, 1.82) is 0 Å². The third kappa shape index (κ3) is 4.40. The summed E-state index contributed by atoms with van der Waals surface area (Å²) in [6, 6.07) is 14.2. The van der Waals surface area contributed by atoms with E-state index in [1.54, 1.807) is 11.3 Å². The summed E-state index contributed by atoms with van der Waals surface area (Å²) in [6.07, 6.45) is 0. The van der Waals surface area contributed by atoms with Crippen LogP contribution in [0.25, 0.3) is 10.2 Å². The molecular weight excluding hydrogens is 464 g/mol. The average molecular weight is 482 g/mol. The molecule has 0 spiro atoms. The second kappa shape index (κ2) is 8.29. The zero-order chi connectivity index (χ0) is 17.8. The van der Waals surface area contributed by atoms with Gasteiger partial charge < -0.3 is 5.32 Å². The van der Waals surface area contributed by atoms with E-state index >= 15 is 0 Å². The molecule has 25 heavy (non-hydrogen) atoms. The number of anilines is 2. The van der Waals surface area contributed by atoms with E-state index in [1.807, 2.05) is 43.3 Å². The van der Waals surface area contributed by atoms with Gasteiger partial charge >= 0.3 is 0 Å². The van der Waals surface area contributed by atoms with Crippen LogP contribution < -0.4 is 10.2 Å². The number of hydrogen-bond donors (Lipinski definition) is 1. The summed E-state index contributed by atoms with van der Waals surface area (Å²) < 4.78 is 3.27. The number of aromatic nitrogens is 1. The van der Waals surface area contributed by atoms with Crippen LogP contribution in [0.4, 0.5) is 10.8 Å². The highest BCUT2D eigenvalue weighted by Crippen LogP contribution is 2.31. The van der Waals surface area contributed by atoms with Crippen molar-refractivity contribution in [3.05, 3.63) is 51.4 Å². The smallest absolute Gasteiger partial charge is 0.204 e. The molecule has 1 heterocycles. The van der Waals surface area contributed by atoms with Gasteiger partial charge in [-0.05, 0) is 56.3 Å². The number of benzene rings is 2. The summed E-state index contributed by atoms with van der Waals surface area (Å²) in [5, 5.41) is 4.36. The number of guanidine groups is 1. The largest absolute Gasteiger partial charge is 0.326 e. The van der Waals surface area contributed by atoms with Gasteiger partial charge in [-0.2, -0.15) is 0 Å². The van der Waals surface area contributed by atoms with Crippen molar-refractivity contribution in [3.8, 4) is 0 Å². The van der Waals surface area contributed by atoms with Crippen molar-refractivity contribution in [1.82, 2.24) is 4.98 Å². The Hall–Kier alpha value is -1.44. The Morgan fingerprint density at radius 2 is 1.84 bits per heavy atom. The Labute approximate surface area is 168 Å². The molecule has 3 rings (SSSR count). The van der Waals surface area contributed by atoms with Gasteiger partial charge in [-0.15, -0.1) is 0 Å². The van der Waals surface area contributed by atoms with Gasteiger partial charge in [0.05, 0.1) is 10.2 Å². The minimum absolute atomic E-state index is 0.700. The molecule has 0 aliphatic heterocycles. The van der Waals surface area contributed by atoms with Gasteiger partial charge in [0.25, 0.3) is 0 Å². The van der Waals surface area contributed by atoms with Crippen molar-refractivity contribution in [2.75, 3.05) is 23.3 Å². The van der Waals surface area contributed by atoms with E-state index in [4.69, 9.17) is 4.98 Å². The number of halogens is 2. The topological polar surface area (TPSA) is 40.5 Å². The lowest BCUT2D eigenvalue weighted by Gasteiger charge is -2.23. The lowest BCUT2D eigenvalue weighted by atomic mass is 10.3. The second-order valence-electron chi connectivity index (χ2n) is 5.28. The fourth-order valence-corrected chi connectivity index (χ4v) is 4.23. The fraction of sp³-hybridized carbons (Fsp3) is 0.222. The van der Waals surface area contributed by atoms with Crippen molar-refractivity contribution < 1.29 is 0 Å². The normalized spacial score (nSPS) is 11.8. The van der Waals surface area contributed by atoms with Crippen LogP contribution in [0.5, 0.6) is 0 Å². The van der Waals surface area contributed by atoms with Gasteiger partial charge in [0.2, 0.25) is 5.96 Å². The molecule has 0 unspecified atom stereocenters. The van der Waals surface area contributed by atoms with Gasteiger partial charge in [-0.1, -0.05) is 43.2 Å². The highest BCUT2D eigenvalue weighted by molar-refractivity contribution is 9.10. The first-order valence-electron chi connectivity index (χ1n) is 8.01. The minimum Gasteiger partial charge on any atom is -0.326 e. The summed E-state index contributed by atoms with van der Waals surface area (Å²) in [5.41, 5.74) is 2.00. The van der Waals surface area contributed by atoms with Crippen LogP contribution in [0.3, 0.4) is 0 Å². The van der Waals surface area contributed by atoms with Crippen LogP contribution in [-0.4, -0.2) is 24.0 Å². The van der Waals surface area contributed by atoms with E-state index in [0.717, 1.165) is 42.5 Å². The lowest BCUT2D eigenvalue weighted by molar-refractivity contribution is 1.01. The maximum absolute atomic E-state index is 4.78. The number of rotatable bonds is 4. The number of aliphatic imine (C=N–C) groups is 1. The predicted octanol–water partition coefficient (Wildman–Crippen LogP) is 6.14. The van der Waals surface area contributed by atoms with Gasteiger partial charge in [0.1, 0.15) is 0 Å². The summed E-state index contributed by atoms with van der Waals surface area (Å²) in [7, 11) is 0. The summed E-state index contributed by atoms with van der Waals surface area (Å²) in [5.74, 6) is 0.811. The molecule has 4 nitrogen and oxygen atoms in total. The van der Waals surface area contributed by atoms with Crippen LogP contribution in [0.15, 0.2) is 56.4 Å². The third-order valence-electron chi connectivity index (χ3n) is 3.55. The van der Waals surface area contributed by atoms with Crippen molar-refractivity contribution in [2.24, 2.45) is 4.99 Å². The maximum atomic E-state index is 4.78. The number of thiazole rings is 1. The van der Waals surface area contributed by atoms with E-state index in [0.29, 0.717) is 6.54 Å². The highest BCUT2D eigenvalue weighted by Gasteiger charge is 2.17. The zero-order valence-corrected chi connectivity index (χ0v) is 17.9. The number of nitrogens with zero attached hydrogens (tertiary/aromatic N) is 3. The molecule has 0 aliphatic carbocycles. The number of nitrogens with one attached hydrogen (secondary N) is 1. The highest BCUT2D eigenvalue weighted by atomic mass is 79.9. The average Bonchev–Trinajstić information content (AvgIpc) is 3.00. The van der Waals surface area contributed by atoms with Crippen molar-refractivity contribution in [2.45, 2.75) is 13.8 Å². The van der Waals surface area contributed by atoms with E-state index in [9.17, 15) is 0 Å². The first-order chi connectivity index (χ1) is 12.1.